The van der Waals surface area contributed by atoms with Gasteiger partial charge in [0.1, 0.15) is 12.0 Å². The van der Waals surface area contributed by atoms with Crippen molar-refractivity contribution in [3.8, 4) is 29.4 Å². The van der Waals surface area contributed by atoms with E-state index in [1.54, 1.807) is 16.7 Å². The number of rotatable bonds is 11. The molecule has 0 aromatic heterocycles. The Morgan fingerprint density at radius 2 is 1.30 bits per heavy atom. The number of aliphatic carboxylic acids is 1. The summed E-state index contributed by atoms with van der Waals surface area (Å²) in [7, 11) is 2.16. The molecule has 286 valence electrons. The Morgan fingerprint density at radius 1 is 0.796 bits per heavy atom. The molecular weight excluding hydrogens is 697 g/mol. The Kier molecular flexibility index (Phi) is 19.7. The van der Waals surface area contributed by atoms with Crippen molar-refractivity contribution < 1.29 is 24.2 Å². The molecule has 2 heterocycles. The highest BCUT2D eigenvalue weighted by Crippen LogP contribution is 2.29. The van der Waals surface area contributed by atoms with E-state index in [1.807, 2.05) is 39.0 Å². The highest BCUT2D eigenvalue weighted by molar-refractivity contribution is 7.99. The highest BCUT2D eigenvalue weighted by Gasteiger charge is 2.14. The smallest absolute Gasteiger partial charge is 0.341 e. The third-order valence-electron chi connectivity index (χ3n) is 8.65. The Hall–Kier alpha value is -4.84. The number of carbonyl (C=O) groups excluding carboxylic acids is 2. The van der Waals surface area contributed by atoms with E-state index in [9.17, 15) is 9.59 Å². The molecule has 1 N–H and O–H groups in total. The van der Waals surface area contributed by atoms with Crippen molar-refractivity contribution in [2.24, 2.45) is 0 Å². The minimum atomic E-state index is -0.994. The number of likely N-dealkylation sites (N-methyl/N-ethyl adjacent to an activating group) is 1. The van der Waals surface area contributed by atoms with Crippen LogP contribution in [-0.4, -0.2) is 128 Å². The molecule has 0 unspecified atom stereocenters. The van der Waals surface area contributed by atoms with Crippen molar-refractivity contribution in [3.63, 3.8) is 0 Å². The van der Waals surface area contributed by atoms with Crippen LogP contribution in [0.5, 0.6) is 5.75 Å². The molecule has 1 amide bonds. The first kappa shape index (κ1) is 43.6. The zero-order chi connectivity index (χ0) is 39.1. The van der Waals surface area contributed by atoms with Gasteiger partial charge >= 0.3 is 5.97 Å². The molecule has 2 fully saturated rings. The SMILES string of the molecule is CC.CC=O.Cc1cc(SC/C=C(\c2ccc(C#CCN3CCN(C)CC3)cc2)c2ccc(C#CCN3CCN(C=O)CC3)cc2)ccc1OCC(=O)O. The second-order valence-corrected chi connectivity index (χ2v) is 13.6. The molecule has 5 rings (SSSR count). The number of nitrogens with zero attached hydrogens (tertiary/aromatic N) is 4. The maximum atomic E-state index is 11.0. The van der Waals surface area contributed by atoms with Crippen LogP contribution in [-0.2, 0) is 14.4 Å². The number of carbonyl (C=O) groups is 3. The van der Waals surface area contributed by atoms with E-state index < -0.39 is 5.97 Å². The zero-order valence-corrected chi connectivity index (χ0v) is 33.2. The molecule has 0 atom stereocenters. The summed E-state index contributed by atoms with van der Waals surface area (Å²) in [6.45, 7) is 16.0. The van der Waals surface area contributed by atoms with E-state index in [2.05, 4.69) is 100 Å². The number of aryl methyl sites for hydroxylation is 1. The number of amides is 1. The number of piperazine rings is 2. The van der Waals surface area contributed by atoms with Gasteiger partial charge in [0.05, 0.1) is 13.1 Å². The molecule has 0 aliphatic carbocycles. The van der Waals surface area contributed by atoms with Crippen molar-refractivity contribution in [1.82, 2.24) is 19.6 Å². The second-order valence-electron chi connectivity index (χ2n) is 12.5. The maximum Gasteiger partial charge on any atom is 0.341 e. The summed E-state index contributed by atoms with van der Waals surface area (Å²) in [4.78, 5) is 40.6. The number of carboxylic acid groups (broad SMARTS) is 1. The first-order chi connectivity index (χ1) is 26.3. The van der Waals surface area contributed by atoms with Crippen LogP contribution in [0.4, 0.5) is 0 Å². The summed E-state index contributed by atoms with van der Waals surface area (Å²) in [5, 5.41) is 8.94. The summed E-state index contributed by atoms with van der Waals surface area (Å²) in [6.07, 6.45) is 3.92. The maximum absolute atomic E-state index is 11.0. The van der Waals surface area contributed by atoms with E-state index >= 15 is 0 Å². The minimum absolute atomic E-state index is 0.357. The number of hydrogen-bond acceptors (Lipinski definition) is 8. The van der Waals surface area contributed by atoms with Crippen molar-refractivity contribution >= 4 is 36.0 Å². The van der Waals surface area contributed by atoms with Crippen molar-refractivity contribution in [2.45, 2.75) is 32.6 Å². The van der Waals surface area contributed by atoms with Crippen molar-refractivity contribution in [3.05, 3.63) is 101 Å². The van der Waals surface area contributed by atoms with Gasteiger partial charge in [0.15, 0.2) is 6.61 Å². The van der Waals surface area contributed by atoms with E-state index in [0.29, 0.717) is 12.3 Å². The first-order valence-corrected chi connectivity index (χ1v) is 19.5. The molecule has 2 saturated heterocycles. The highest BCUT2D eigenvalue weighted by atomic mass is 32.2. The summed E-state index contributed by atoms with van der Waals surface area (Å²) < 4.78 is 5.39. The Bertz CT molecular complexity index is 1770. The van der Waals surface area contributed by atoms with Crippen LogP contribution in [0, 0.1) is 30.6 Å². The van der Waals surface area contributed by atoms with Gasteiger partial charge in [-0.15, -0.1) is 11.8 Å². The molecule has 0 spiro atoms. The average Bonchev–Trinajstić information content (AvgIpc) is 3.19. The summed E-state index contributed by atoms with van der Waals surface area (Å²) in [6, 6.07) is 22.7. The molecule has 54 heavy (non-hydrogen) atoms. The molecule has 3 aromatic rings. The normalized spacial score (nSPS) is 14.8. The van der Waals surface area contributed by atoms with Gasteiger partial charge < -0.3 is 24.4 Å². The van der Waals surface area contributed by atoms with Gasteiger partial charge in [0, 0.05) is 74.1 Å². The number of benzene rings is 3. The Labute approximate surface area is 326 Å². The third kappa shape index (κ3) is 15.3. The summed E-state index contributed by atoms with van der Waals surface area (Å²) in [5.41, 5.74) is 6.24. The van der Waals surface area contributed by atoms with Gasteiger partial charge in [-0.3, -0.25) is 14.6 Å². The lowest BCUT2D eigenvalue weighted by Crippen LogP contribution is -2.45. The third-order valence-corrected chi connectivity index (χ3v) is 9.57. The fraction of sp³-hybridized carbons (Fsp3) is 0.386. The van der Waals surface area contributed by atoms with E-state index in [4.69, 9.17) is 14.6 Å². The molecule has 2 aliphatic rings. The summed E-state index contributed by atoms with van der Waals surface area (Å²) >= 11 is 1.71. The summed E-state index contributed by atoms with van der Waals surface area (Å²) in [5.74, 6) is 13.6. The molecule has 2 aliphatic heterocycles. The largest absolute Gasteiger partial charge is 0.482 e. The standard InChI is InChI=1S/C40H44N4O4S.C2H4O.C2H6/c1-32-29-37(15-16-39(32)48-30-40(46)47)49-28-17-38(35-11-7-33(8-12-35)5-3-18-42-22-20-41(2)21-23-42)36-13-9-34(10-14-36)6-4-19-43-24-26-44(31-45)27-25-43;1-2-3;1-2/h7-17,29,31H,18-28,30H2,1-2H3,(H,46,47);2H,1H3;1-2H3/b38-17+;;. The first-order valence-electron chi connectivity index (χ1n) is 18.5. The fourth-order valence-corrected chi connectivity index (χ4v) is 6.51. The molecule has 9 nitrogen and oxygen atoms in total. The number of ether oxygens (including phenoxy) is 1. The molecule has 10 heteroatoms. The zero-order valence-electron chi connectivity index (χ0n) is 32.3. The lowest BCUT2D eigenvalue weighted by molar-refractivity contribution is -0.139. The van der Waals surface area contributed by atoms with E-state index in [-0.39, 0.29) is 6.61 Å². The molecule has 0 bridgehead atoms. The van der Waals surface area contributed by atoms with Gasteiger partial charge in [-0.2, -0.15) is 0 Å². The van der Waals surface area contributed by atoms with Gasteiger partial charge in [-0.05, 0) is 85.6 Å². The lowest BCUT2D eigenvalue weighted by atomic mass is 9.96. The number of aldehydes is 1. The van der Waals surface area contributed by atoms with Crippen LogP contribution in [0.25, 0.3) is 5.57 Å². The van der Waals surface area contributed by atoms with Crippen LogP contribution in [0.3, 0.4) is 0 Å². The van der Waals surface area contributed by atoms with Crippen LogP contribution in [0.15, 0.2) is 77.7 Å². The lowest BCUT2D eigenvalue weighted by Gasteiger charge is -2.31. The average molecular weight is 751 g/mol. The Balaban J connectivity index is 0.00000149. The van der Waals surface area contributed by atoms with Gasteiger partial charge in [0.2, 0.25) is 6.41 Å². The van der Waals surface area contributed by atoms with Gasteiger partial charge in [0.25, 0.3) is 0 Å². The Morgan fingerprint density at radius 3 is 1.76 bits per heavy atom. The molecule has 0 radical (unpaired) electrons. The van der Waals surface area contributed by atoms with Crippen LogP contribution < -0.4 is 4.74 Å². The van der Waals surface area contributed by atoms with E-state index in [1.165, 1.54) is 6.92 Å². The second kappa shape index (κ2) is 24.5. The molecule has 0 saturated carbocycles. The van der Waals surface area contributed by atoms with E-state index in [0.717, 1.165) is 116 Å². The van der Waals surface area contributed by atoms with Gasteiger partial charge in [-0.1, -0.05) is 67.9 Å². The van der Waals surface area contributed by atoms with Crippen molar-refractivity contribution in [2.75, 3.05) is 84.9 Å². The minimum Gasteiger partial charge on any atom is -0.482 e. The van der Waals surface area contributed by atoms with Crippen LogP contribution in [0.1, 0.15) is 48.6 Å². The van der Waals surface area contributed by atoms with Crippen LogP contribution in [0.2, 0.25) is 0 Å². The number of hydrogen-bond donors (Lipinski definition) is 1. The number of carboxylic acids is 1. The monoisotopic (exact) mass is 750 g/mol. The molecule has 3 aromatic carbocycles. The predicted octanol–water partition coefficient (Wildman–Crippen LogP) is 5.64. The number of thioether (sulfide) groups is 1. The predicted molar refractivity (Wildman–Crippen MR) is 220 cm³/mol. The molecular formula is C44H54N4O5S. The quantitative estimate of drug-likeness (QED) is 0.152. The topological polar surface area (TPSA) is 93.6 Å². The van der Waals surface area contributed by atoms with Crippen molar-refractivity contribution in [1.29, 1.82) is 0 Å². The fourth-order valence-electron chi connectivity index (χ4n) is 5.64. The van der Waals surface area contributed by atoms with Gasteiger partial charge in [-0.25, -0.2) is 4.79 Å². The van der Waals surface area contributed by atoms with Crippen LogP contribution >= 0.6 is 11.8 Å².